The molecule has 45 heavy (non-hydrogen) atoms. The number of ether oxygens (including phenoxy) is 2. The van der Waals surface area contributed by atoms with Gasteiger partial charge in [0.05, 0.1) is 30.1 Å². The van der Waals surface area contributed by atoms with Gasteiger partial charge in [0.1, 0.15) is 24.4 Å². The zero-order chi connectivity index (χ0) is 32.5. The monoisotopic (exact) mass is 652 g/mol. The van der Waals surface area contributed by atoms with Crippen molar-refractivity contribution in [3.8, 4) is 6.07 Å². The highest BCUT2D eigenvalue weighted by Crippen LogP contribution is 2.46. The van der Waals surface area contributed by atoms with Crippen LogP contribution in [0.5, 0.6) is 0 Å². The number of nitrogens with two attached hydrogens (primary N) is 1. The molecular formula is C32H53N4O8P. The van der Waals surface area contributed by atoms with E-state index < -0.39 is 38.3 Å². The number of hydrogen-bond donors (Lipinski definition) is 4. The smallest absolute Gasteiger partial charge is 0.397 e. The van der Waals surface area contributed by atoms with Crippen LogP contribution in [0.15, 0.2) is 24.4 Å². The van der Waals surface area contributed by atoms with Crippen molar-refractivity contribution in [1.29, 1.82) is 5.26 Å². The molecule has 0 aromatic carbocycles. The van der Waals surface area contributed by atoms with Crippen LogP contribution in [-0.2, 0) is 28.7 Å². The van der Waals surface area contributed by atoms with Crippen molar-refractivity contribution in [2.45, 2.75) is 127 Å². The van der Waals surface area contributed by atoms with E-state index in [1.165, 1.54) is 93.8 Å². The molecule has 254 valence electrons. The van der Waals surface area contributed by atoms with Gasteiger partial charge in [-0.2, -0.15) is 10.4 Å². The summed E-state index contributed by atoms with van der Waals surface area (Å²) in [6.07, 6.45) is 15.5. The number of nitrogens with zero attached hydrogens (tertiary/aromatic N) is 3. The molecule has 0 radical (unpaired) electrons. The van der Waals surface area contributed by atoms with Crippen molar-refractivity contribution in [3.63, 3.8) is 0 Å². The fourth-order valence-electron chi connectivity index (χ4n) is 5.68. The number of unbranched alkanes of at least 4 members (excludes halogenated alkanes) is 13. The Kier molecular flexibility index (Phi) is 16.2. The van der Waals surface area contributed by atoms with Gasteiger partial charge in [0, 0.05) is 19.4 Å². The average molecular weight is 653 g/mol. The Morgan fingerprint density at radius 1 is 0.933 bits per heavy atom. The van der Waals surface area contributed by atoms with Crippen LogP contribution >= 0.6 is 7.82 Å². The molecule has 1 unspecified atom stereocenters. The third-order valence-corrected chi connectivity index (χ3v) is 9.31. The minimum atomic E-state index is -4.49. The summed E-state index contributed by atoms with van der Waals surface area (Å²) >= 11 is 0. The van der Waals surface area contributed by atoms with Crippen molar-refractivity contribution in [2.24, 2.45) is 0 Å². The number of phosphoric acid groups is 1. The first-order valence-electron chi connectivity index (χ1n) is 16.6. The standard InChI is InChI=1S/C32H53N4O8P/c1-2-3-4-5-6-7-8-9-10-11-12-13-14-15-21-41-22-16-23-42-45(39,40)43-24-28-30(37)31(38)32(25-33,44-28)29-18-17-27-26(34)19-20-35-36(27)29/h17-20,28,30-31,37-38H,2-16,21-24,34H2,1H3,(H,39,40)/t28-,30-,31-,32+/m1/s1. The van der Waals surface area contributed by atoms with Gasteiger partial charge in [-0.05, 0) is 31.0 Å². The van der Waals surface area contributed by atoms with Crippen LogP contribution in [0.4, 0.5) is 5.69 Å². The van der Waals surface area contributed by atoms with Gasteiger partial charge in [-0.3, -0.25) is 9.05 Å². The molecule has 0 saturated carbocycles. The molecule has 5 atom stereocenters. The Bertz CT molecular complexity index is 1220. The first kappa shape index (κ1) is 37.4. The third-order valence-electron chi connectivity index (χ3n) is 8.32. The summed E-state index contributed by atoms with van der Waals surface area (Å²) in [7, 11) is -4.49. The molecule has 1 aliphatic rings. The average Bonchev–Trinajstić information content (AvgIpc) is 3.57. The number of aliphatic hydroxyl groups is 2. The molecule has 12 nitrogen and oxygen atoms in total. The SMILES string of the molecule is CCCCCCCCCCCCCCCCOCCCOP(=O)(O)OC[C@H]1O[C@@](C#N)(c2ccc3c(N)ccnn23)[C@H](O)[C@@H]1O. The first-order valence-corrected chi connectivity index (χ1v) is 18.1. The third kappa shape index (κ3) is 11.3. The fourth-order valence-corrected chi connectivity index (χ4v) is 6.45. The molecule has 5 N–H and O–H groups in total. The lowest BCUT2D eigenvalue weighted by atomic mass is 9.92. The van der Waals surface area contributed by atoms with Crippen LogP contribution in [0, 0.1) is 11.3 Å². The van der Waals surface area contributed by atoms with E-state index in [0.717, 1.165) is 12.8 Å². The lowest BCUT2D eigenvalue weighted by molar-refractivity contribution is -0.0643. The molecular weight excluding hydrogens is 599 g/mol. The molecule has 0 amide bonds. The lowest BCUT2D eigenvalue weighted by Gasteiger charge is -2.24. The maximum atomic E-state index is 12.4. The topological polar surface area (TPSA) is 182 Å². The van der Waals surface area contributed by atoms with E-state index in [1.807, 2.05) is 6.07 Å². The Balaban J connectivity index is 1.23. The van der Waals surface area contributed by atoms with E-state index in [4.69, 9.17) is 24.3 Å². The number of nitriles is 1. The normalized spacial score (nSPS) is 23.0. The number of rotatable bonds is 24. The van der Waals surface area contributed by atoms with E-state index in [-0.39, 0.29) is 12.3 Å². The van der Waals surface area contributed by atoms with Crippen LogP contribution in [0.2, 0.25) is 0 Å². The van der Waals surface area contributed by atoms with Gasteiger partial charge in [-0.25, -0.2) is 9.08 Å². The summed E-state index contributed by atoms with van der Waals surface area (Å²) in [5.74, 6) is 0. The van der Waals surface area contributed by atoms with Crippen LogP contribution < -0.4 is 5.73 Å². The second kappa shape index (κ2) is 19.6. The molecule has 3 heterocycles. The summed E-state index contributed by atoms with van der Waals surface area (Å²) in [5.41, 5.74) is 5.00. The summed E-state index contributed by atoms with van der Waals surface area (Å²) in [5, 5.41) is 35.5. The second-order valence-corrected chi connectivity index (χ2v) is 13.4. The molecule has 2 aromatic heterocycles. The van der Waals surface area contributed by atoms with Gasteiger partial charge in [-0.15, -0.1) is 0 Å². The van der Waals surface area contributed by atoms with Crippen LogP contribution in [0.3, 0.4) is 0 Å². The highest BCUT2D eigenvalue weighted by molar-refractivity contribution is 7.47. The molecule has 0 spiro atoms. The number of hydrogen-bond acceptors (Lipinski definition) is 10. The highest BCUT2D eigenvalue weighted by Gasteiger charge is 2.57. The number of anilines is 1. The number of phosphoric ester groups is 1. The van der Waals surface area contributed by atoms with E-state index in [9.17, 15) is 24.9 Å². The molecule has 2 aromatic rings. The minimum absolute atomic E-state index is 0.0609. The maximum Gasteiger partial charge on any atom is 0.472 e. The van der Waals surface area contributed by atoms with Crippen molar-refractivity contribution < 1.29 is 38.2 Å². The molecule has 13 heteroatoms. The minimum Gasteiger partial charge on any atom is -0.397 e. The van der Waals surface area contributed by atoms with E-state index >= 15 is 0 Å². The zero-order valence-corrected chi connectivity index (χ0v) is 27.6. The van der Waals surface area contributed by atoms with E-state index in [1.54, 1.807) is 12.1 Å². The Labute approximate surface area is 267 Å². The number of aromatic nitrogens is 2. The first-order chi connectivity index (χ1) is 21.8. The van der Waals surface area contributed by atoms with Gasteiger partial charge < -0.3 is 30.3 Å². The van der Waals surface area contributed by atoms with Crippen molar-refractivity contribution >= 4 is 19.0 Å². The predicted molar refractivity (Wildman–Crippen MR) is 171 cm³/mol. The number of nitrogen functional groups attached to an aromatic ring is 1. The van der Waals surface area contributed by atoms with Crippen LogP contribution in [0.25, 0.3) is 5.52 Å². The quantitative estimate of drug-likeness (QED) is 0.0797. The zero-order valence-electron chi connectivity index (χ0n) is 26.7. The molecule has 0 bridgehead atoms. The summed E-state index contributed by atoms with van der Waals surface area (Å²) in [6.45, 7) is 2.64. The summed E-state index contributed by atoms with van der Waals surface area (Å²) in [6, 6.07) is 6.64. The molecule has 0 aliphatic carbocycles. The largest absolute Gasteiger partial charge is 0.472 e. The van der Waals surface area contributed by atoms with Gasteiger partial charge >= 0.3 is 7.82 Å². The van der Waals surface area contributed by atoms with E-state index in [0.29, 0.717) is 30.8 Å². The van der Waals surface area contributed by atoms with Gasteiger partial charge in [-0.1, -0.05) is 90.4 Å². The van der Waals surface area contributed by atoms with Crippen LogP contribution in [0.1, 0.15) is 109 Å². The Morgan fingerprint density at radius 3 is 2.16 bits per heavy atom. The summed E-state index contributed by atoms with van der Waals surface area (Å²) < 4.78 is 35.2. The van der Waals surface area contributed by atoms with Gasteiger partial charge in [0.2, 0.25) is 5.60 Å². The Hall–Kier alpha value is -2.07. The van der Waals surface area contributed by atoms with Crippen molar-refractivity contribution in [2.75, 3.05) is 32.2 Å². The summed E-state index contributed by atoms with van der Waals surface area (Å²) in [4.78, 5) is 10.1. The molecule has 1 saturated heterocycles. The molecule has 1 fully saturated rings. The highest BCUT2D eigenvalue weighted by atomic mass is 31.2. The van der Waals surface area contributed by atoms with Crippen molar-refractivity contribution in [1.82, 2.24) is 9.61 Å². The van der Waals surface area contributed by atoms with Gasteiger partial charge in [0.15, 0.2) is 0 Å². The van der Waals surface area contributed by atoms with Gasteiger partial charge in [0.25, 0.3) is 0 Å². The molecule has 1 aliphatic heterocycles. The molecule has 3 rings (SSSR count). The lowest BCUT2D eigenvalue weighted by Crippen LogP contribution is -2.41. The Morgan fingerprint density at radius 2 is 1.53 bits per heavy atom. The number of aliphatic hydroxyl groups excluding tert-OH is 2. The maximum absolute atomic E-state index is 12.4. The van der Waals surface area contributed by atoms with Crippen molar-refractivity contribution in [3.05, 3.63) is 30.1 Å². The number of fused-ring (bicyclic) bond motifs is 1. The van der Waals surface area contributed by atoms with E-state index in [2.05, 4.69) is 12.0 Å². The van der Waals surface area contributed by atoms with Crippen LogP contribution in [-0.4, -0.2) is 69.5 Å². The fraction of sp³-hybridized carbons (Fsp3) is 0.750. The predicted octanol–water partition coefficient (Wildman–Crippen LogP) is 5.78. The second-order valence-electron chi connectivity index (χ2n) is 11.9.